The summed E-state index contributed by atoms with van der Waals surface area (Å²) in [5.74, 6) is 1.00. The predicted octanol–water partition coefficient (Wildman–Crippen LogP) is 5.35. The summed E-state index contributed by atoms with van der Waals surface area (Å²) < 4.78 is 6.71. The van der Waals surface area contributed by atoms with Gasteiger partial charge in [0.05, 0.1) is 19.6 Å². The van der Waals surface area contributed by atoms with Crippen LogP contribution in [0.3, 0.4) is 0 Å². The van der Waals surface area contributed by atoms with Gasteiger partial charge in [-0.2, -0.15) is 0 Å². The summed E-state index contributed by atoms with van der Waals surface area (Å²) in [6.07, 6.45) is 0. The Morgan fingerprint density at radius 2 is 1.71 bits per heavy atom. The molecule has 0 amide bonds. The SMILES string of the molecule is CC[Si](CC)(CC)O/C(=C(/CO)[Si](C)(C)C)c1cccs1. The molecule has 0 aliphatic rings. The number of hydrogen-bond acceptors (Lipinski definition) is 3. The van der Waals surface area contributed by atoms with E-state index >= 15 is 0 Å². The van der Waals surface area contributed by atoms with Crippen molar-refractivity contribution in [2.75, 3.05) is 6.61 Å². The lowest BCUT2D eigenvalue weighted by molar-refractivity contribution is 0.334. The van der Waals surface area contributed by atoms with Crippen molar-refractivity contribution in [1.82, 2.24) is 0 Å². The second-order valence-electron chi connectivity index (χ2n) is 6.54. The van der Waals surface area contributed by atoms with Crippen molar-refractivity contribution >= 4 is 33.5 Å². The van der Waals surface area contributed by atoms with E-state index in [2.05, 4.69) is 57.9 Å². The van der Waals surface area contributed by atoms with Gasteiger partial charge in [-0.05, 0) is 34.8 Å². The van der Waals surface area contributed by atoms with E-state index in [1.165, 1.54) is 4.88 Å². The molecule has 0 bridgehead atoms. The minimum atomic E-state index is -1.73. The van der Waals surface area contributed by atoms with Crippen molar-refractivity contribution in [3.63, 3.8) is 0 Å². The van der Waals surface area contributed by atoms with Gasteiger partial charge in [0.1, 0.15) is 5.76 Å². The summed E-state index contributed by atoms with van der Waals surface area (Å²) in [6.45, 7) is 13.7. The van der Waals surface area contributed by atoms with E-state index in [0.717, 1.165) is 29.1 Å². The Bertz CT molecular complexity index is 449. The van der Waals surface area contributed by atoms with Gasteiger partial charge >= 0.3 is 0 Å². The molecule has 2 nitrogen and oxygen atoms in total. The Labute approximate surface area is 136 Å². The molecule has 5 heteroatoms. The highest BCUT2D eigenvalue weighted by Crippen LogP contribution is 2.35. The lowest BCUT2D eigenvalue weighted by atomic mass is 10.3. The zero-order valence-corrected chi connectivity index (χ0v) is 17.1. The monoisotopic (exact) mass is 342 g/mol. The molecule has 120 valence electrons. The minimum absolute atomic E-state index is 0.116. The second kappa shape index (κ2) is 7.76. The van der Waals surface area contributed by atoms with Crippen LogP contribution in [0.5, 0.6) is 0 Å². The minimum Gasteiger partial charge on any atom is -0.543 e. The van der Waals surface area contributed by atoms with Crippen LogP contribution in [0.4, 0.5) is 0 Å². The maximum absolute atomic E-state index is 9.96. The summed E-state index contributed by atoms with van der Waals surface area (Å²) in [4.78, 5) is 1.17. The van der Waals surface area contributed by atoms with Crippen LogP contribution in [0.2, 0.25) is 37.8 Å². The quantitative estimate of drug-likeness (QED) is 0.509. The van der Waals surface area contributed by atoms with E-state index < -0.39 is 16.4 Å². The first kappa shape index (κ1) is 18.7. The van der Waals surface area contributed by atoms with E-state index in [1.807, 2.05) is 0 Å². The molecule has 0 aliphatic carbocycles. The second-order valence-corrected chi connectivity index (χ2v) is 17.3. The standard InChI is InChI=1S/C16H30O2SSi2/c1-7-21(8-2,9-3)18-16(14-11-10-12-19-14)15(13-17)20(4,5)6/h10-12,17H,7-9,13H2,1-6H3/b16-15-. The van der Waals surface area contributed by atoms with E-state index in [0.29, 0.717) is 0 Å². The molecule has 0 atom stereocenters. The number of aliphatic hydroxyl groups is 1. The summed E-state index contributed by atoms with van der Waals surface area (Å²) in [5, 5.41) is 13.2. The van der Waals surface area contributed by atoms with E-state index in [-0.39, 0.29) is 6.61 Å². The van der Waals surface area contributed by atoms with Gasteiger partial charge in [-0.15, -0.1) is 11.3 Å². The highest BCUT2D eigenvalue weighted by atomic mass is 32.1. The Kier molecular flexibility index (Phi) is 6.91. The fraction of sp³-hybridized carbons (Fsp3) is 0.625. The van der Waals surface area contributed by atoms with Crippen molar-refractivity contribution in [3.8, 4) is 0 Å². The van der Waals surface area contributed by atoms with Gasteiger partial charge in [0, 0.05) is 0 Å². The normalized spacial score (nSPS) is 14.0. The average Bonchev–Trinajstić information content (AvgIpc) is 2.96. The Balaban J connectivity index is 3.37. The van der Waals surface area contributed by atoms with Crippen LogP contribution in [-0.4, -0.2) is 28.1 Å². The third-order valence-electron chi connectivity index (χ3n) is 4.33. The van der Waals surface area contributed by atoms with Crippen molar-refractivity contribution in [1.29, 1.82) is 0 Å². The summed E-state index contributed by atoms with van der Waals surface area (Å²) >= 11 is 1.71. The van der Waals surface area contributed by atoms with Gasteiger partial charge in [-0.3, -0.25) is 0 Å². The van der Waals surface area contributed by atoms with E-state index in [1.54, 1.807) is 11.3 Å². The molecular formula is C16H30O2SSi2. The Hall–Kier alpha value is -0.366. The van der Waals surface area contributed by atoms with Crippen LogP contribution in [0.15, 0.2) is 22.7 Å². The first-order valence-electron chi connectivity index (χ1n) is 7.91. The van der Waals surface area contributed by atoms with Gasteiger partial charge < -0.3 is 9.53 Å². The molecule has 0 saturated heterocycles. The van der Waals surface area contributed by atoms with Crippen molar-refractivity contribution in [2.45, 2.75) is 58.5 Å². The lowest BCUT2D eigenvalue weighted by Gasteiger charge is -2.33. The van der Waals surface area contributed by atoms with Gasteiger partial charge in [-0.1, -0.05) is 46.5 Å². The maximum Gasteiger partial charge on any atom is 0.250 e. The summed E-state index contributed by atoms with van der Waals surface area (Å²) in [7, 11) is -3.34. The fourth-order valence-electron chi connectivity index (χ4n) is 2.50. The largest absolute Gasteiger partial charge is 0.543 e. The smallest absolute Gasteiger partial charge is 0.250 e. The zero-order valence-electron chi connectivity index (χ0n) is 14.3. The highest BCUT2D eigenvalue weighted by Gasteiger charge is 2.34. The molecule has 0 unspecified atom stereocenters. The third-order valence-corrected chi connectivity index (χ3v) is 11.9. The molecule has 0 radical (unpaired) electrons. The number of thiophene rings is 1. The van der Waals surface area contributed by atoms with E-state index in [4.69, 9.17) is 4.43 Å². The molecule has 1 aromatic rings. The first-order valence-corrected chi connectivity index (χ1v) is 14.8. The van der Waals surface area contributed by atoms with Crippen LogP contribution >= 0.6 is 11.3 Å². The Morgan fingerprint density at radius 3 is 2.05 bits per heavy atom. The van der Waals surface area contributed by atoms with Crippen LogP contribution in [-0.2, 0) is 4.43 Å². The van der Waals surface area contributed by atoms with Crippen LogP contribution in [0.25, 0.3) is 5.76 Å². The summed E-state index contributed by atoms with van der Waals surface area (Å²) in [6, 6.07) is 7.56. The van der Waals surface area contributed by atoms with Crippen LogP contribution < -0.4 is 0 Å². The molecule has 0 aromatic carbocycles. The molecule has 0 fully saturated rings. The fourth-order valence-corrected chi connectivity index (χ4v) is 7.44. The molecule has 21 heavy (non-hydrogen) atoms. The topological polar surface area (TPSA) is 29.5 Å². The first-order chi connectivity index (χ1) is 9.83. The van der Waals surface area contributed by atoms with Gasteiger partial charge in [-0.25, -0.2) is 0 Å². The average molecular weight is 343 g/mol. The number of hydrogen-bond donors (Lipinski definition) is 1. The maximum atomic E-state index is 9.96. The van der Waals surface area contributed by atoms with Crippen molar-refractivity contribution in [2.24, 2.45) is 0 Å². The number of aliphatic hydroxyl groups excluding tert-OH is 1. The van der Waals surface area contributed by atoms with Crippen LogP contribution in [0.1, 0.15) is 25.6 Å². The van der Waals surface area contributed by atoms with Gasteiger partial charge in [0.25, 0.3) is 8.32 Å². The molecule has 1 N–H and O–H groups in total. The molecule has 0 spiro atoms. The van der Waals surface area contributed by atoms with Crippen LogP contribution in [0, 0.1) is 0 Å². The third kappa shape index (κ3) is 4.55. The molecule has 1 aromatic heterocycles. The van der Waals surface area contributed by atoms with Crippen molar-refractivity contribution < 1.29 is 9.53 Å². The molecule has 0 saturated carbocycles. The van der Waals surface area contributed by atoms with E-state index in [9.17, 15) is 5.11 Å². The summed E-state index contributed by atoms with van der Waals surface area (Å²) in [5.41, 5.74) is 0. The molecule has 1 heterocycles. The predicted molar refractivity (Wildman–Crippen MR) is 100.0 cm³/mol. The molecular weight excluding hydrogens is 312 g/mol. The zero-order chi connectivity index (χ0) is 16.1. The highest BCUT2D eigenvalue weighted by molar-refractivity contribution is 7.11. The van der Waals surface area contributed by atoms with Crippen molar-refractivity contribution in [3.05, 3.63) is 27.6 Å². The van der Waals surface area contributed by atoms with Gasteiger partial charge in [0.2, 0.25) is 0 Å². The number of rotatable bonds is 8. The Morgan fingerprint density at radius 1 is 1.14 bits per heavy atom. The lowest BCUT2D eigenvalue weighted by Crippen LogP contribution is -2.37. The molecule has 0 aliphatic heterocycles. The van der Waals surface area contributed by atoms with Gasteiger partial charge in [0.15, 0.2) is 0 Å². The molecule has 1 rings (SSSR count).